The molecule has 0 saturated heterocycles. The number of halogens is 1. The van der Waals surface area contributed by atoms with Crippen LogP contribution in [0.4, 0.5) is 0 Å². The first kappa shape index (κ1) is 9.74. The van der Waals surface area contributed by atoms with Crippen molar-refractivity contribution in [3.05, 3.63) is 16.9 Å². The molecule has 0 aromatic carbocycles. The lowest BCUT2D eigenvalue weighted by atomic mass is 10.1. The first-order valence-corrected chi connectivity index (χ1v) is 4.84. The number of nitrogens with two attached hydrogens (primary N) is 1. The molecule has 4 heteroatoms. The quantitative estimate of drug-likeness (QED) is 0.863. The van der Waals surface area contributed by atoms with Gasteiger partial charge in [0.15, 0.2) is 0 Å². The minimum atomic E-state index is 0.302. The SMILES string of the molecule is CC(C)C(CN)n1cc(Br)cn1. The van der Waals surface area contributed by atoms with Crippen molar-refractivity contribution >= 4 is 15.9 Å². The van der Waals surface area contributed by atoms with Gasteiger partial charge in [0.05, 0.1) is 16.7 Å². The Balaban J connectivity index is 2.80. The number of aromatic nitrogens is 2. The van der Waals surface area contributed by atoms with Gasteiger partial charge in [0, 0.05) is 12.7 Å². The normalized spacial score (nSPS) is 13.8. The molecule has 0 spiro atoms. The van der Waals surface area contributed by atoms with Crippen molar-refractivity contribution in [2.24, 2.45) is 11.7 Å². The van der Waals surface area contributed by atoms with E-state index in [0.717, 1.165) is 4.47 Å². The molecular formula is C8H14BrN3. The van der Waals surface area contributed by atoms with Gasteiger partial charge in [-0.3, -0.25) is 4.68 Å². The Bertz CT molecular complexity index is 244. The van der Waals surface area contributed by atoms with Crippen LogP contribution in [0.15, 0.2) is 16.9 Å². The second-order valence-electron chi connectivity index (χ2n) is 3.19. The highest BCUT2D eigenvalue weighted by atomic mass is 79.9. The molecule has 1 aromatic rings. The van der Waals surface area contributed by atoms with E-state index in [0.29, 0.717) is 18.5 Å². The van der Waals surface area contributed by atoms with Gasteiger partial charge in [0.1, 0.15) is 0 Å². The van der Waals surface area contributed by atoms with Crippen molar-refractivity contribution in [3.8, 4) is 0 Å². The summed E-state index contributed by atoms with van der Waals surface area (Å²) >= 11 is 3.35. The molecule has 1 heterocycles. The predicted octanol–water partition coefficient (Wildman–Crippen LogP) is 1.80. The number of rotatable bonds is 3. The van der Waals surface area contributed by atoms with Crippen molar-refractivity contribution in [2.75, 3.05) is 6.54 Å². The maximum Gasteiger partial charge on any atom is 0.0664 e. The lowest BCUT2D eigenvalue weighted by Crippen LogP contribution is -2.24. The van der Waals surface area contributed by atoms with E-state index in [-0.39, 0.29) is 0 Å². The first-order valence-electron chi connectivity index (χ1n) is 4.05. The summed E-state index contributed by atoms with van der Waals surface area (Å²) in [5.41, 5.74) is 5.64. The Morgan fingerprint density at radius 1 is 1.67 bits per heavy atom. The fourth-order valence-electron chi connectivity index (χ4n) is 1.18. The molecule has 12 heavy (non-hydrogen) atoms. The lowest BCUT2D eigenvalue weighted by Gasteiger charge is -2.18. The van der Waals surface area contributed by atoms with E-state index in [1.54, 1.807) is 6.20 Å². The maximum absolute atomic E-state index is 5.64. The lowest BCUT2D eigenvalue weighted by molar-refractivity contribution is 0.354. The summed E-state index contributed by atoms with van der Waals surface area (Å²) in [4.78, 5) is 0. The average molecular weight is 232 g/mol. The number of hydrogen-bond donors (Lipinski definition) is 1. The van der Waals surface area contributed by atoms with Gasteiger partial charge in [0.25, 0.3) is 0 Å². The van der Waals surface area contributed by atoms with Gasteiger partial charge in [-0.2, -0.15) is 5.10 Å². The zero-order valence-corrected chi connectivity index (χ0v) is 8.95. The maximum atomic E-state index is 5.64. The van der Waals surface area contributed by atoms with E-state index in [1.807, 2.05) is 10.9 Å². The van der Waals surface area contributed by atoms with Gasteiger partial charge in [-0.15, -0.1) is 0 Å². The summed E-state index contributed by atoms with van der Waals surface area (Å²) < 4.78 is 2.91. The molecular weight excluding hydrogens is 218 g/mol. The van der Waals surface area contributed by atoms with Gasteiger partial charge >= 0.3 is 0 Å². The summed E-state index contributed by atoms with van der Waals surface area (Å²) in [7, 11) is 0. The predicted molar refractivity (Wildman–Crippen MR) is 52.9 cm³/mol. The highest BCUT2D eigenvalue weighted by Crippen LogP contribution is 2.17. The molecule has 1 atom stereocenters. The fraction of sp³-hybridized carbons (Fsp3) is 0.625. The Hall–Kier alpha value is -0.350. The second kappa shape index (κ2) is 4.05. The first-order chi connectivity index (χ1) is 5.65. The van der Waals surface area contributed by atoms with E-state index in [9.17, 15) is 0 Å². The molecule has 0 amide bonds. The van der Waals surface area contributed by atoms with Crippen LogP contribution in [0.1, 0.15) is 19.9 Å². The third kappa shape index (κ3) is 2.08. The molecule has 3 nitrogen and oxygen atoms in total. The third-order valence-corrected chi connectivity index (χ3v) is 2.33. The van der Waals surface area contributed by atoms with Gasteiger partial charge in [-0.25, -0.2) is 0 Å². The summed E-state index contributed by atoms with van der Waals surface area (Å²) in [6.07, 6.45) is 3.74. The van der Waals surface area contributed by atoms with Crippen LogP contribution in [0.25, 0.3) is 0 Å². The summed E-state index contributed by atoms with van der Waals surface area (Å²) in [6.45, 7) is 4.92. The zero-order chi connectivity index (χ0) is 9.14. The topological polar surface area (TPSA) is 43.8 Å². The Kier molecular flexibility index (Phi) is 3.29. The Morgan fingerprint density at radius 2 is 2.33 bits per heavy atom. The van der Waals surface area contributed by atoms with Crippen LogP contribution < -0.4 is 5.73 Å². The monoisotopic (exact) mass is 231 g/mol. The molecule has 0 aliphatic carbocycles. The van der Waals surface area contributed by atoms with Gasteiger partial charge in [-0.05, 0) is 21.8 Å². The molecule has 1 rings (SSSR count). The van der Waals surface area contributed by atoms with Crippen LogP contribution >= 0.6 is 15.9 Å². The van der Waals surface area contributed by atoms with Crippen molar-refractivity contribution in [2.45, 2.75) is 19.9 Å². The minimum Gasteiger partial charge on any atom is -0.328 e. The molecule has 0 bridgehead atoms. The second-order valence-corrected chi connectivity index (χ2v) is 4.10. The molecule has 1 unspecified atom stereocenters. The van der Waals surface area contributed by atoms with Crippen molar-refractivity contribution in [3.63, 3.8) is 0 Å². The highest BCUT2D eigenvalue weighted by Gasteiger charge is 2.13. The minimum absolute atomic E-state index is 0.302. The molecule has 0 saturated carbocycles. The number of hydrogen-bond acceptors (Lipinski definition) is 2. The van der Waals surface area contributed by atoms with Crippen molar-refractivity contribution in [1.82, 2.24) is 9.78 Å². The van der Waals surface area contributed by atoms with Crippen LogP contribution in [0.3, 0.4) is 0 Å². The van der Waals surface area contributed by atoms with Crippen molar-refractivity contribution in [1.29, 1.82) is 0 Å². The summed E-state index contributed by atoms with van der Waals surface area (Å²) in [5, 5.41) is 4.20. The van der Waals surface area contributed by atoms with E-state index in [2.05, 4.69) is 34.9 Å². The van der Waals surface area contributed by atoms with Crippen molar-refractivity contribution < 1.29 is 0 Å². The van der Waals surface area contributed by atoms with E-state index >= 15 is 0 Å². The van der Waals surface area contributed by atoms with E-state index in [1.165, 1.54) is 0 Å². The fourth-order valence-corrected chi connectivity index (χ4v) is 1.48. The summed E-state index contributed by atoms with van der Waals surface area (Å²) in [5.74, 6) is 0.516. The number of nitrogens with zero attached hydrogens (tertiary/aromatic N) is 2. The molecule has 0 fully saturated rings. The van der Waals surface area contributed by atoms with Crippen LogP contribution in [0.5, 0.6) is 0 Å². The molecule has 0 radical (unpaired) electrons. The highest BCUT2D eigenvalue weighted by molar-refractivity contribution is 9.10. The summed E-state index contributed by atoms with van der Waals surface area (Å²) in [6, 6.07) is 0.302. The third-order valence-electron chi connectivity index (χ3n) is 1.92. The van der Waals surface area contributed by atoms with Crippen LogP contribution in [0.2, 0.25) is 0 Å². The Morgan fingerprint density at radius 3 is 2.67 bits per heavy atom. The largest absolute Gasteiger partial charge is 0.328 e. The standard InChI is InChI=1S/C8H14BrN3/c1-6(2)8(3-10)12-5-7(9)4-11-12/h4-6,8H,3,10H2,1-2H3. The molecule has 68 valence electrons. The van der Waals surface area contributed by atoms with Crippen LogP contribution in [0, 0.1) is 5.92 Å². The average Bonchev–Trinajstić information content (AvgIpc) is 2.37. The molecule has 0 aliphatic rings. The molecule has 2 N–H and O–H groups in total. The molecule has 1 aromatic heterocycles. The Labute approximate surface area is 81.1 Å². The zero-order valence-electron chi connectivity index (χ0n) is 7.37. The van der Waals surface area contributed by atoms with Crippen LogP contribution in [-0.4, -0.2) is 16.3 Å². The smallest absolute Gasteiger partial charge is 0.0664 e. The van der Waals surface area contributed by atoms with E-state index in [4.69, 9.17) is 5.73 Å². The van der Waals surface area contributed by atoms with E-state index < -0.39 is 0 Å². The van der Waals surface area contributed by atoms with Crippen LogP contribution in [-0.2, 0) is 0 Å². The van der Waals surface area contributed by atoms with Gasteiger partial charge < -0.3 is 5.73 Å². The van der Waals surface area contributed by atoms with Gasteiger partial charge in [-0.1, -0.05) is 13.8 Å². The van der Waals surface area contributed by atoms with Gasteiger partial charge in [0.2, 0.25) is 0 Å². The molecule has 0 aliphatic heterocycles.